The second-order valence-corrected chi connectivity index (χ2v) is 4.07. The lowest BCUT2D eigenvalue weighted by molar-refractivity contribution is -0.137. The van der Waals surface area contributed by atoms with E-state index in [-0.39, 0.29) is 5.97 Å². The molecule has 0 atom stereocenters. The first kappa shape index (κ1) is 15.9. The number of likely N-dealkylation sites (N-methyl/N-ethyl adjacent to an activating group) is 1. The SMILES string of the molecule is CCOC(=O)/C=C/CN(C)c1ccc(OC)c(OC)c1. The fourth-order valence-corrected chi connectivity index (χ4v) is 1.67. The Hall–Kier alpha value is -2.17. The molecule has 0 fully saturated rings. The summed E-state index contributed by atoms with van der Waals surface area (Å²) in [4.78, 5) is 13.2. The molecule has 1 rings (SSSR count). The molecule has 0 aromatic heterocycles. The van der Waals surface area contributed by atoms with Crippen LogP contribution in [0.1, 0.15) is 6.92 Å². The largest absolute Gasteiger partial charge is 0.493 e. The van der Waals surface area contributed by atoms with Crippen LogP contribution in [0.15, 0.2) is 30.4 Å². The molecule has 20 heavy (non-hydrogen) atoms. The summed E-state index contributed by atoms with van der Waals surface area (Å²) < 4.78 is 15.3. The molecule has 0 amide bonds. The maximum Gasteiger partial charge on any atom is 0.330 e. The summed E-state index contributed by atoms with van der Waals surface area (Å²) in [6.07, 6.45) is 3.19. The first-order valence-corrected chi connectivity index (χ1v) is 6.38. The van der Waals surface area contributed by atoms with Crippen molar-refractivity contribution in [3.8, 4) is 11.5 Å². The van der Waals surface area contributed by atoms with Crippen molar-refractivity contribution in [2.45, 2.75) is 6.92 Å². The smallest absolute Gasteiger partial charge is 0.330 e. The zero-order valence-electron chi connectivity index (χ0n) is 12.4. The van der Waals surface area contributed by atoms with Crippen LogP contribution >= 0.6 is 0 Å². The zero-order chi connectivity index (χ0) is 15.0. The molecule has 0 bridgehead atoms. The van der Waals surface area contributed by atoms with Crippen LogP contribution < -0.4 is 14.4 Å². The van der Waals surface area contributed by atoms with Gasteiger partial charge in [0.15, 0.2) is 11.5 Å². The Morgan fingerprint density at radius 2 is 1.95 bits per heavy atom. The molecule has 1 aromatic carbocycles. The molecule has 0 aliphatic carbocycles. The number of esters is 1. The van der Waals surface area contributed by atoms with Crippen molar-refractivity contribution < 1.29 is 19.0 Å². The zero-order valence-corrected chi connectivity index (χ0v) is 12.4. The Bertz CT molecular complexity index is 471. The number of carbonyl (C=O) groups is 1. The molecule has 110 valence electrons. The Morgan fingerprint density at radius 3 is 2.55 bits per heavy atom. The van der Waals surface area contributed by atoms with Gasteiger partial charge < -0.3 is 19.1 Å². The highest BCUT2D eigenvalue weighted by molar-refractivity contribution is 5.81. The molecule has 0 aliphatic rings. The van der Waals surface area contributed by atoms with Gasteiger partial charge in [0.25, 0.3) is 0 Å². The van der Waals surface area contributed by atoms with Crippen molar-refractivity contribution in [3.63, 3.8) is 0 Å². The summed E-state index contributed by atoms with van der Waals surface area (Å²) in [5.74, 6) is 1.03. The van der Waals surface area contributed by atoms with Gasteiger partial charge >= 0.3 is 5.97 Å². The van der Waals surface area contributed by atoms with E-state index < -0.39 is 0 Å². The summed E-state index contributed by atoms with van der Waals surface area (Å²) in [7, 11) is 5.13. The minimum absolute atomic E-state index is 0.326. The number of hydrogen-bond acceptors (Lipinski definition) is 5. The second kappa shape index (κ2) is 8.09. The van der Waals surface area contributed by atoms with Crippen LogP contribution in [-0.2, 0) is 9.53 Å². The van der Waals surface area contributed by atoms with E-state index >= 15 is 0 Å². The van der Waals surface area contributed by atoms with Gasteiger partial charge in [0.2, 0.25) is 0 Å². The van der Waals surface area contributed by atoms with Gasteiger partial charge in [0.1, 0.15) is 0 Å². The van der Waals surface area contributed by atoms with E-state index in [1.807, 2.05) is 30.1 Å². The maximum absolute atomic E-state index is 11.2. The van der Waals surface area contributed by atoms with E-state index in [1.54, 1.807) is 27.2 Å². The normalized spacial score (nSPS) is 10.4. The maximum atomic E-state index is 11.2. The molecule has 0 aliphatic heterocycles. The molecule has 0 unspecified atom stereocenters. The molecule has 5 heteroatoms. The highest BCUT2D eigenvalue weighted by Gasteiger charge is 2.06. The monoisotopic (exact) mass is 279 g/mol. The van der Waals surface area contributed by atoms with E-state index in [9.17, 15) is 4.79 Å². The van der Waals surface area contributed by atoms with Crippen molar-refractivity contribution in [1.29, 1.82) is 0 Å². The molecule has 0 radical (unpaired) electrons. The van der Waals surface area contributed by atoms with Gasteiger partial charge in [-0.25, -0.2) is 4.79 Å². The third kappa shape index (κ3) is 4.50. The van der Waals surface area contributed by atoms with E-state index in [4.69, 9.17) is 14.2 Å². The quantitative estimate of drug-likeness (QED) is 0.566. The van der Waals surface area contributed by atoms with Crippen LogP contribution in [0.2, 0.25) is 0 Å². The van der Waals surface area contributed by atoms with Gasteiger partial charge in [-0.2, -0.15) is 0 Å². The number of rotatable bonds is 7. The summed E-state index contributed by atoms with van der Waals surface area (Å²) in [6.45, 7) is 2.75. The van der Waals surface area contributed by atoms with Crippen LogP contribution in [-0.4, -0.2) is 40.4 Å². The van der Waals surface area contributed by atoms with Crippen molar-refractivity contribution in [2.75, 3.05) is 39.3 Å². The van der Waals surface area contributed by atoms with Crippen LogP contribution in [0, 0.1) is 0 Å². The Kier molecular flexibility index (Phi) is 6.43. The van der Waals surface area contributed by atoms with Crippen LogP contribution in [0.5, 0.6) is 11.5 Å². The van der Waals surface area contributed by atoms with Crippen molar-refractivity contribution in [3.05, 3.63) is 30.4 Å². The summed E-state index contributed by atoms with van der Waals surface area (Å²) in [5, 5.41) is 0. The number of hydrogen-bond donors (Lipinski definition) is 0. The number of ether oxygens (including phenoxy) is 3. The van der Waals surface area contributed by atoms with Crippen molar-refractivity contribution in [1.82, 2.24) is 0 Å². The number of methoxy groups -OCH3 is 2. The van der Waals surface area contributed by atoms with Gasteiger partial charge in [-0.1, -0.05) is 6.08 Å². The van der Waals surface area contributed by atoms with E-state index in [0.717, 1.165) is 5.69 Å². The Labute approximate surface area is 119 Å². The van der Waals surface area contributed by atoms with Crippen molar-refractivity contribution >= 4 is 11.7 Å². The topological polar surface area (TPSA) is 48.0 Å². The molecular formula is C15H21NO4. The highest BCUT2D eigenvalue weighted by Crippen LogP contribution is 2.30. The summed E-state index contributed by atoms with van der Waals surface area (Å²) >= 11 is 0. The molecule has 0 N–H and O–H groups in total. The first-order chi connectivity index (χ1) is 9.62. The molecule has 1 aromatic rings. The number of benzene rings is 1. The van der Waals surface area contributed by atoms with E-state index in [2.05, 4.69) is 0 Å². The van der Waals surface area contributed by atoms with Gasteiger partial charge in [-0.05, 0) is 19.1 Å². The average Bonchev–Trinajstić information content (AvgIpc) is 2.46. The van der Waals surface area contributed by atoms with Gasteiger partial charge in [-0.3, -0.25) is 0 Å². The summed E-state index contributed by atoms with van der Waals surface area (Å²) in [5.41, 5.74) is 0.969. The lowest BCUT2D eigenvalue weighted by Crippen LogP contribution is -2.17. The predicted molar refractivity (Wildman–Crippen MR) is 78.6 cm³/mol. The molecular weight excluding hydrogens is 258 g/mol. The lowest BCUT2D eigenvalue weighted by atomic mass is 10.2. The second-order valence-electron chi connectivity index (χ2n) is 4.07. The fourth-order valence-electron chi connectivity index (χ4n) is 1.67. The molecule has 5 nitrogen and oxygen atoms in total. The van der Waals surface area contributed by atoms with Gasteiger partial charge in [0, 0.05) is 31.4 Å². The Balaban J connectivity index is 2.68. The van der Waals surface area contributed by atoms with Gasteiger partial charge in [0.05, 0.1) is 20.8 Å². The number of anilines is 1. The highest BCUT2D eigenvalue weighted by atomic mass is 16.5. The standard InChI is InChI=1S/C15H21NO4/c1-5-20-15(17)7-6-10-16(2)12-8-9-13(18-3)14(11-12)19-4/h6-9,11H,5,10H2,1-4H3/b7-6+. The molecule has 0 saturated heterocycles. The third-order valence-electron chi connectivity index (χ3n) is 2.73. The van der Waals surface area contributed by atoms with Crippen LogP contribution in [0.25, 0.3) is 0 Å². The first-order valence-electron chi connectivity index (χ1n) is 6.38. The third-order valence-corrected chi connectivity index (χ3v) is 2.73. The predicted octanol–water partition coefficient (Wildman–Crippen LogP) is 2.26. The molecule has 0 spiro atoms. The minimum atomic E-state index is -0.326. The fraction of sp³-hybridized carbons (Fsp3) is 0.400. The lowest BCUT2D eigenvalue weighted by Gasteiger charge is -2.19. The molecule has 0 saturated carbocycles. The van der Waals surface area contributed by atoms with E-state index in [1.165, 1.54) is 6.08 Å². The number of nitrogens with zero attached hydrogens (tertiary/aromatic N) is 1. The van der Waals surface area contributed by atoms with Gasteiger partial charge in [-0.15, -0.1) is 0 Å². The Morgan fingerprint density at radius 1 is 1.25 bits per heavy atom. The molecule has 0 heterocycles. The average molecular weight is 279 g/mol. The van der Waals surface area contributed by atoms with Crippen molar-refractivity contribution in [2.24, 2.45) is 0 Å². The number of carbonyl (C=O) groups excluding carboxylic acids is 1. The van der Waals surface area contributed by atoms with E-state index in [0.29, 0.717) is 24.7 Å². The summed E-state index contributed by atoms with van der Waals surface area (Å²) in [6, 6.07) is 5.66. The van der Waals surface area contributed by atoms with Crippen LogP contribution in [0.4, 0.5) is 5.69 Å². The minimum Gasteiger partial charge on any atom is -0.493 e. The van der Waals surface area contributed by atoms with Crippen LogP contribution in [0.3, 0.4) is 0 Å².